The second-order valence-corrected chi connectivity index (χ2v) is 5.03. The van der Waals surface area contributed by atoms with Crippen LogP contribution in [0.3, 0.4) is 0 Å². The van der Waals surface area contributed by atoms with Crippen LogP contribution < -0.4 is 0 Å². The molecule has 0 aliphatic heterocycles. The van der Waals surface area contributed by atoms with Crippen LogP contribution in [0.25, 0.3) is 0 Å². The van der Waals surface area contributed by atoms with Crippen molar-refractivity contribution in [2.24, 2.45) is 0 Å². The minimum Gasteiger partial charge on any atom is -0.379 e. The summed E-state index contributed by atoms with van der Waals surface area (Å²) in [6.45, 7) is 1.53. The number of H-pyrrole nitrogens is 1. The number of hydrogen-bond acceptors (Lipinski definition) is 5. The number of nitrogens with zero attached hydrogens (tertiary/aromatic N) is 5. The standard InChI is InChI=1S/C10H15BrN6O/c1-16(2)3-4-17-8(7(11)5-14-17)9(18)10-12-6-13-15-10/h5-6,9,18H,3-4H2,1-2H3,(H,12,13,15). The Balaban J connectivity index is 2.23. The van der Waals surface area contributed by atoms with Crippen LogP contribution in [0.15, 0.2) is 17.0 Å². The molecule has 2 heterocycles. The molecule has 0 amide bonds. The van der Waals surface area contributed by atoms with Crippen LogP contribution in [0, 0.1) is 0 Å². The third-order valence-corrected chi connectivity index (χ3v) is 3.15. The summed E-state index contributed by atoms with van der Waals surface area (Å²) in [7, 11) is 3.98. The fourth-order valence-electron chi connectivity index (χ4n) is 1.59. The van der Waals surface area contributed by atoms with E-state index in [1.807, 2.05) is 14.1 Å². The fourth-order valence-corrected chi connectivity index (χ4v) is 2.11. The molecule has 8 heteroatoms. The van der Waals surface area contributed by atoms with Crippen LogP contribution in [0.1, 0.15) is 17.6 Å². The highest BCUT2D eigenvalue weighted by Gasteiger charge is 2.21. The van der Waals surface area contributed by atoms with Gasteiger partial charge in [-0.25, -0.2) is 4.98 Å². The van der Waals surface area contributed by atoms with Crippen LogP contribution in [0.5, 0.6) is 0 Å². The number of likely N-dealkylation sites (N-methyl/N-ethyl adjacent to an activating group) is 1. The minimum atomic E-state index is -0.869. The van der Waals surface area contributed by atoms with Crippen molar-refractivity contribution in [3.8, 4) is 0 Å². The predicted molar refractivity (Wildman–Crippen MR) is 68.9 cm³/mol. The maximum atomic E-state index is 10.3. The predicted octanol–water partition coefficient (Wildman–Crippen LogP) is 0.407. The number of aromatic amines is 1. The lowest BCUT2D eigenvalue weighted by Gasteiger charge is -2.14. The van der Waals surface area contributed by atoms with Gasteiger partial charge >= 0.3 is 0 Å². The van der Waals surface area contributed by atoms with E-state index in [1.165, 1.54) is 6.33 Å². The maximum Gasteiger partial charge on any atom is 0.159 e. The van der Waals surface area contributed by atoms with Crippen molar-refractivity contribution >= 4 is 15.9 Å². The monoisotopic (exact) mass is 314 g/mol. The highest BCUT2D eigenvalue weighted by molar-refractivity contribution is 9.10. The van der Waals surface area contributed by atoms with Crippen molar-refractivity contribution in [2.45, 2.75) is 12.6 Å². The Morgan fingerprint density at radius 3 is 2.94 bits per heavy atom. The van der Waals surface area contributed by atoms with Gasteiger partial charge in [0, 0.05) is 6.54 Å². The van der Waals surface area contributed by atoms with Gasteiger partial charge < -0.3 is 10.0 Å². The number of aliphatic hydroxyl groups is 1. The summed E-state index contributed by atoms with van der Waals surface area (Å²) < 4.78 is 2.52. The third-order valence-electron chi connectivity index (χ3n) is 2.54. The fraction of sp³-hybridized carbons (Fsp3) is 0.500. The van der Waals surface area contributed by atoms with Crippen LogP contribution in [0.2, 0.25) is 0 Å². The second-order valence-electron chi connectivity index (χ2n) is 4.18. The molecule has 0 aromatic carbocycles. The minimum absolute atomic E-state index is 0.405. The van der Waals surface area contributed by atoms with Crippen molar-refractivity contribution in [3.63, 3.8) is 0 Å². The van der Waals surface area contributed by atoms with Gasteiger partial charge in [-0.3, -0.25) is 9.78 Å². The summed E-state index contributed by atoms with van der Waals surface area (Å²) in [5, 5.41) is 20.9. The van der Waals surface area contributed by atoms with Crippen molar-refractivity contribution in [1.82, 2.24) is 29.9 Å². The first-order valence-corrected chi connectivity index (χ1v) is 6.28. The Labute approximate surface area is 113 Å². The summed E-state index contributed by atoms with van der Waals surface area (Å²) in [5.41, 5.74) is 0.675. The Kier molecular flexibility index (Phi) is 4.10. The first-order valence-electron chi connectivity index (χ1n) is 5.49. The van der Waals surface area contributed by atoms with Crippen LogP contribution in [0.4, 0.5) is 0 Å². The molecule has 0 saturated heterocycles. The zero-order valence-corrected chi connectivity index (χ0v) is 11.8. The van der Waals surface area contributed by atoms with E-state index in [9.17, 15) is 5.11 Å². The topological polar surface area (TPSA) is 82.9 Å². The van der Waals surface area contributed by atoms with Gasteiger partial charge in [0.15, 0.2) is 11.9 Å². The first-order chi connectivity index (χ1) is 8.59. The molecule has 98 valence electrons. The summed E-state index contributed by atoms with van der Waals surface area (Å²) in [6, 6.07) is 0. The lowest BCUT2D eigenvalue weighted by atomic mass is 10.2. The lowest BCUT2D eigenvalue weighted by molar-refractivity contribution is 0.195. The molecule has 2 rings (SSSR count). The summed E-state index contributed by atoms with van der Waals surface area (Å²) in [5.74, 6) is 0.405. The van der Waals surface area contributed by atoms with Crippen LogP contribution in [-0.4, -0.2) is 55.6 Å². The number of halogens is 1. The Morgan fingerprint density at radius 2 is 2.33 bits per heavy atom. The third kappa shape index (κ3) is 2.77. The molecule has 0 bridgehead atoms. The zero-order chi connectivity index (χ0) is 13.1. The van der Waals surface area contributed by atoms with Crippen molar-refractivity contribution in [1.29, 1.82) is 0 Å². The van der Waals surface area contributed by atoms with Gasteiger partial charge in [0.05, 0.1) is 22.9 Å². The van der Waals surface area contributed by atoms with E-state index in [0.29, 0.717) is 18.1 Å². The molecule has 2 aromatic rings. The molecule has 0 aliphatic carbocycles. The smallest absolute Gasteiger partial charge is 0.159 e. The average Bonchev–Trinajstić information content (AvgIpc) is 2.94. The molecular formula is C10H15BrN6O. The average molecular weight is 315 g/mol. The van der Waals surface area contributed by atoms with E-state index in [0.717, 1.165) is 11.0 Å². The van der Waals surface area contributed by atoms with Gasteiger partial charge in [-0.2, -0.15) is 10.2 Å². The molecule has 0 spiro atoms. The van der Waals surface area contributed by atoms with Gasteiger partial charge in [0.2, 0.25) is 0 Å². The van der Waals surface area contributed by atoms with Crippen molar-refractivity contribution in [3.05, 3.63) is 28.5 Å². The van der Waals surface area contributed by atoms with Crippen molar-refractivity contribution in [2.75, 3.05) is 20.6 Å². The molecule has 0 radical (unpaired) electrons. The number of nitrogens with one attached hydrogen (secondary N) is 1. The number of rotatable bonds is 5. The number of aromatic nitrogens is 5. The summed E-state index contributed by atoms with van der Waals surface area (Å²) in [4.78, 5) is 6.02. The van der Waals surface area contributed by atoms with E-state index in [-0.39, 0.29) is 0 Å². The molecule has 0 saturated carbocycles. The molecular weight excluding hydrogens is 300 g/mol. The molecule has 1 atom stereocenters. The van der Waals surface area contributed by atoms with Crippen LogP contribution in [-0.2, 0) is 6.54 Å². The van der Waals surface area contributed by atoms with Gasteiger partial charge in [-0.05, 0) is 30.0 Å². The molecule has 0 fully saturated rings. The van der Waals surface area contributed by atoms with E-state index in [1.54, 1.807) is 10.9 Å². The SMILES string of the molecule is CN(C)CCn1ncc(Br)c1C(O)c1ncn[nH]1. The Morgan fingerprint density at radius 1 is 1.56 bits per heavy atom. The van der Waals surface area contributed by atoms with Gasteiger partial charge in [0.1, 0.15) is 6.33 Å². The largest absolute Gasteiger partial charge is 0.379 e. The zero-order valence-electron chi connectivity index (χ0n) is 10.2. The van der Waals surface area contributed by atoms with E-state index in [4.69, 9.17) is 0 Å². The highest BCUT2D eigenvalue weighted by Crippen LogP contribution is 2.26. The number of aliphatic hydroxyl groups excluding tert-OH is 1. The van der Waals surface area contributed by atoms with Crippen molar-refractivity contribution < 1.29 is 5.11 Å². The Hall–Kier alpha value is -1.25. The van der Waals surface area contributed by atoms with E-state index in [2.05, 4.69) is 41.1 Å². The molecule has 2 aromatic heterocycles. The maximum absolute atomic E-state index is 10.3. The molecule has 2 N–H and O–H groups in total. The van der Waals surface area contributed by atoms with E-state index >= 15 is 0 Å². The second kappa shape index (κ2) is 5.59. The quantitative estimate of drug-likeness (QED) is 0.835. The molecule has 1 unspecified atom stereocenters. The Bertz CT molecular complexity index is 494. The normalized spacial score (nSPS) is 13.2. The summed E-state index contributed by atoms with van der Waals surface area (Å²) in [6.07, 6.45) is 2.17. The lowest BCUT2D eigenvalue weighted by Crippen LogP contribution is -2.21. The number of hydrogen-bond donors (Lipinski definition) is 2. The summed E-state index contributed by atoms with van der Waals surface area (Å²) >= 11 is 3.39. The molecule has 18 heavy (non-hydrogen) atoms. The molecule has 7 nitrogen and oxygen atoms in total. The van der Waals surface area contributed by atoms with Crippen LogP contribution >= 0.6 is 15.9 Å². The van der Waals surface area contributed by atoms with Gasteiger partial charge in [0.25, 0.3) is 0 Å². The first kappa shape index (κ1) is 13.2. The highest BCUT2D eigenvalue weighted by atomic mass is 79.9. The van der Waals surface area contributed by atoms with Gasteiger partial charge in [-0.1, -0.05) is 0 Å². The van der Waals surface area contributed by atoms with E-state index < -0.39 is 6.10 Å². The molecule has 0 aliphatic rings. The van der Waals surface area contributed by atoms with Gasteiger partial charge in [-0.15, -0.1) is 0 Å².